The lowest BCUT2D eigenvalue weighted by molar-refractivity contribution is -0.121. The van der Waals surface area contributed by atoms with Gasteiger partial charge in [-0.2, -0.15) is 0 Å². The largest absolute Gasteiger partial charge is 0.493 e. The molecule has 0 saturated carbocycles. The zero-order valence-corrected chi connectivity index (χ0v) is 11.7. The second-order valence-corrected chi connectivity index (χ2v) is 4.41. The average Bonchev–Trinajstić information content (AvgIpc) is 2.38. The fourth-order valence-electron chi connectivity index (χ4n) is 1.82. The van der Waals surface area contributed by atoms with Crippen molar-refractivity contribution in [3.63, 3.8) is 0 Å². The van der Waals surface area contributed by atoms with Gasteiger partial charge in [-0.05, 0) is 37.6 Å². The maximum atomic E-state index is 11.8. The molecule has 1 amide bonds. The lowest BCUT2D eigenvalue weighted by Gasteiger charge is -2.13. The Morgan fingerprint density at radius 1 is 1.32 bits per heavy atom. The zero-order valence-electron chi connectivity index (χ0n) is 11.7. The molecular formula is C14H22N2O3. The Hall–Kier alpha value is -1.75. The maximum absolute atomic E-state index is 11.8. The van der Waals surface area contributed by atoms with E-state index < -0.39 is 0 Å². The van der Waals surface area contributed by atoms with E-state index in [-0.39, 0.29) is 11.9 Å². The fourth-order valence-corrected chi connectivity index (χ4v) is 1.82. The van der Waals surface area contributed by atoms with Crippen molar-refractivity contribution in [3.8, 4) is 11.5 Å². The number of carbonyl (C=O) groups is 1. The molecule has 0 radical (unpaired) electrons. The van der Waals surface area contributed by atoms with Crippen LogP contribution in [0.5, 0.6) is 11.5 Å². The summed E-state index contributed by atoms with van der Waals surface area (Å²) in [5, 5.41) is 2.90. The van der Waals surface area contributed by atoms with E-state index in [1.54, 1.807) is 20.3 Å². The summed E-state index contributed by atoms with van der Waals surface area (Å²) < 4.78 is 10.4. The van der Waals surface area contributed by atoms with Gasteiger partial charge in [-0.25, -0.2) is 0 Å². The Morgan fingerprint density at radius 3 is 2.58 bits per heavy atom. The quantitative estimate of drug-likeness (QED) is 0.775. The van der Waals surface area contributed by atoms with E-state index in [4.69, 9.17) is 15.2 Å². The van der Waals surface area contributed by atoms with Crippen LogP contribution in [-0.4, -0.2) is 32.7 Å². The van der Waals surface area contributed by atoms with Crippen LogP contribution in [0.4, 0.5) is 0 Å². The molecule has 0 aliphatic carbocycles. The van der Waals surface area contributed by atoms with E-state index in [0.717, 1.165) is 12.0 Å². The maximum Gasteiger partial charge on any atom is 0.224 e. The van der Waals surface area contributed by atoms with Gasteiger partial charge >= 0.3 is 0 Å². The number of ether oxygens (including phenoxy) is 2. The van der Waals surface area contributed by atoms with E-state index in [0.29, 0.717) is 24.5 Å². The molecule has 0 heterocycles. The molecule has 0 spiro atoms. The van der Waals surface area contributed by atoms with Gasteiger partial charge in [0.2, 0.25) is 5.91 Å². The summed E-state index contributed by atoms with van der Waals surface area (Å²) in [5.41, 5.74) is 6.33. The topological polar surface area (TPSA) is 73.6 Å². The van der Waals surface area contributed by atoms with E-state index in [2.05, 4.69) is 5.32 Å². The molecule has 106 valence electrons. The number of nitrogens with two attached hydrogens (primary N) is 1. The highest BCUT2D eigenvalue weighted by Gasteiger charge is 2.10. The van der Waals surface area contributed by atoms with Crippen molar-refractivity contribution in [2.45, 2.75) is 25.8 Å². The normalized spacial score (nSPS) is 11.8. The van der Waals surface area contributed by atoms with Gasteiger partial charge in [0.15, 0.2) is 11.5 Å². The van der Waals surface area contributed by atoms with Crippen LogP contribution in [0.15, 0.2) is 18.2 Å². The number of hydrogen-bond donors (Lipinski definition) is 2. The van der Waals surface area contributed by atoms with Crippen LogP contribution < -0.4 is 20.5 Å². The first-order valence-electron chi connectivity index (χ1n) is 6.31. The molecule has 1 rings (SSSR count). The standard InChI is InChI=1S/C14H22N2O3/c1-10(6-7-15)16-14(17)9-11-4-5-12(18-2)13(8-11)19-3/h4-5,8,10H,6-7,9,15H2,1-3H3,(H,16,17). The van der Waals surface area contributed by atoms with Gasteiger partial charge in [-0.15, -0.1) is 0 Å². The second kappa shape index (κ2) is 7.63. The Labute approximate surface area is 114 Å². The monoisotopic (exact) mass is 266 g/mol. The highest BCUT2D eigenvalue weighted by molar-refractivity contribution is 5.79. The highest BCUT2D eigenvalue weighted by Crippen LogP contribution is 2.27. The zero-order chi connectivity index (χ0) is 14.3. The third-order valence-corrected chi connectivity index (χ3v) is 2.82. The summed E-state index contributed by atoms with van der Waals surface area (Å²) in [5.74, 6) is 1.26. The van der Waals surface area contributed by atoms with Crippen molar-refractivity contribution in [2.24, 2.45) is 5.73 Å². The van der Waals surface area contributed by atoms with Gasteiger partial charge in [0, 0.05) is 6.04 Å². The molecule has 0 aliphatic heterocycles. The summed E-state index contributed by atoms with van der Waals surface area (Å²) in [6.45, 7) is 2.51. The molecule has 5 heteroatoms. The molecule has 3 N–H and O–H groups in total. The van der Waals surface area contributed by atoms with Crippen LogP contribution in [0, 0.1) is 0 Å². The first-order chi connectivity index (χ1) is 9.10. The molecule has 1 aromatic carbocycles. The first kappa shape index (κ1) is 15.3. The van der Waals surface area contributed by atoms with Crippen LogP contribution in [-0.2, 0) is 11.2 Å². The minimum Gasteiger partial charge on any atom is -0.493 e. The number of benzene rings is 1. The number of hydrogen-bond acceptors (Lipinski definition) is 4. The average molecular weight is 266 g/mol. The van der Waals surface area contributed by atoms with Crippen LogP contribution in [0.3, 0.4) is 0 Å². The van der Waals surface area contributed by atoms with Crippen LogP contribution in [0.25, 0.3) is 0 Å². The smallest absolute Gasteiger partial charge is 0.224 e. The molecule has 0 bridgehead atoms. The first-order valence-corrected chi connectivity index (χ1v) is 6.31. The van der Waals surface area contributed by atoms with Crippen LogP contribution >= 0.6 is 0 Å². The van der Waals surface area contributed by atoms with Crippen molar-refractivity contribution in [2.75, 3.05) is 20.8 Å². The van der Waals surface area contributed by atoms with Crippen molar-refractivity contribution in [3.05, 3.63) is 23.8 Å². The van der Waals surface area contributed by atoms with Crippen LogP contribution in [0.1, 0.15) is 18.9 Å². The summed E-state index contributed by atoms with van der Waals surface area (Å²) in [7, 11) is 3.16. The van der Waals surface area contributed by atoms with Crippen molar-refractivity contribution < 1.29 is 14.3 Å². The predicted molar refractivity (Wildman–Crippen MR) is 74.5 cm³/mol. The number of methoxy groups -OCH3 is 2. The molecule has 19 heavy (non-hydrogen) atoms. The molecule has 1 atom stereocenters. The Balaban J connectivity index is 2.64. The molecule has 5 nitrogen and oxygen atoms in total. The predicted octanol–water partition coefficient (Wildman–Crippen LogP) is 1.10. The van der Waals surface area contributed by atoms with Gasteiger partial charge in [0.05, 0.1) is 20.6 Å². The van der Waals surface area contributed by atoms with Gasteiger partial charge in [0.25, 0.3) is 0 Å². The SMILES string of the molecule is COc1ccc(CC(=O)NC(C)CCN)cc1OC. The van der Waals surface area contributed by atoms with E-state index in [9.17, 15) is 4.79 Å². The Bertz CT molecular complexity index is 421. The molecule has 1 aromatic rings. The Morgan fingerprint density at radius 2 is 2.00 bits per heavy atom. The number of rotatable bonds is 7. The summed E-state index contributed by atoms with van der Waals surface area (Å²) >= 11 is 0. The molecule has 0 saturated heterocycles. The number of nitrogens with one attached hydrogen (secondary N) is 1. The number of amides is 1. The summed E-state index contributed by atoms with van der Waals surface area (Å²) in [6, 6.07) is 5.56. The number of carbonyl (C=O) groups excluding carboxylic acids is 1. The summed E-state index contributed by atoms with van der Waals surface area (Å²) in [6.07, 6.45) is 1.09. The lowest BCUT2D eigenvalue weighted by atomic mass is 10.1. The molecule has 1 unspecified atom stereocenters. The second-order valence-electron chi connectivity index (χ2n) is 4.41. The minimum atomic E-state index is -0.0202. The van der Waals surface area contributed by atoms with E-state index in [1.807, 2.05) is 19.1 Å². The van der Waals surface area contributed by atoms with Gasteiger partial charge in [0.1, 0.15) is 0 Å². The van der Waals surface area contributed by atoms with Gasteiger partial charge in [-0.1, -0.05) is 6.07 Å². The lowest BCUT2D eigenvalue weighted by Crippen LogP contribution is -2.35. The molecular weight excluding hydrogens is 244 g/mol. The van der Waals surface area contributed by atoms with Gasteiger partial charge < -0.3 is 20.5 Å². The minimum absolute atomic E-state index is 0.0202. The Kier molecular flexibility index (Phi) is 6.15. The fraction of sp³-hybridized carbons (Fsp3) is 0.500. The van der Waals surface area contributed by atoms with Crippen molar-refractivity contribution in [1.29, 1.82) is 0 Å². The van der Waals surface area contributed by atoms with Crippen LogP contribution in [0.2, 0.25) is 0 Å². The van der Waals surface area contributed by atoms with Crippen molar-refractivity contribution in [1.82, 2.24) is 5.32 Å². The third-order valence-electron chi connectivity index (χ3n) is 2.82. The van der Waals surface area contributed by atoms with E-state index >= 15 is 0 Å². The van der Waals surface area contributed by atoms with Crippen molar-refractivity contribution >= 4 is 5.91 Å². The molecule has 0 aromatic heterocycles. The highest BCUT2D eigenvalue weighted by atomic mass is 16.5. The van der Waals surface area contributed by atoms with E-state index in [1.165, 1.54) is 0 Å². The third kappa shape index (κ3) is 4.79. The summed E-state index contributed by atoms with van der Waals surface area (Å²) in [4.78, 5) is 11.8. The molecule has 0 aliphatic rings. The molecule has 0 fully saturated rings. The van der Waals surface area contributed by atoms with Gasteiger partial charge in [-0.3, -0.25) is 4.79 Å².